The normalized spacial score (nSPS) is 18.2. The van der Waals surface area contributed by atoms with Crippen molar-refractivity contribution in [1.82, 2.24) is 9.79 Å². The Labute approximate surface area is 145 Å². The molecule has 0 amide bonds. The van der Waals surface area contributed by atoms with Crippen LogP contribution in [-0.4, -0.2) is 66.8 Å². The van der Waals surface area contributed by atoms with Gasteiger partial charge in [0.1, 0.15) is 5.82 Å². The number of nitrogens with zero attached hydrogens (tertiary/aromatic N) is 3. The number of anilines is 1. The molecule has 1 aromatic rings. The molecule has 0 bridgehead atoms. The molecule has 0 saturated carbocycles. The van der Waals surface area contributed by atoms with Gasteiger partial charge in [-0.25, -0.2) is 4.98 Å². The Morgan fingerprint density at radius 3 is 2.75 bits per heavy atom. The summed E-state index contributed by atoms with van der Waals surface area (Å²) >= 11 is 0. The Kier molecular flexibility index (Phi) is 5.81. The minimum atomic E-state index is -0.501. The van der Waals surface area contributed by atoms with Crippen molar-refractivity contribution in [3.05, 3.63) is 23.4 Å². The van der Waals surface area contributed by atoms with Crippen LogP contribution in [0.5, 0.6) is 0 Å². The summed E-state index contributed by atoms with van der Waals surface area (Å²) in [6.07, 6.45) is 2.88. The molecular weight excluding hydrogens is 304 g/mol. The number of ether oxygens (including phenoxy) is 1. The summed E-state index contributed by atoms with van der Waals surface area (Å²) < 4.78 is 5.78. The van der Waals surface area contributed by atoms with E-state index in [1.807, 2.05) is 9.62 Å². The summed E-state index contributed by atoms with van der Waals surface area (Å²) in [5, 5.41) is 19.3. The number of fused-ring (bicyclic) bond motifs is 1. The zero-order valence-electron chi connectivity index (χ0n) is 14.7. The Morgan fingerprint density at radius 1 is 1.25 bits per heavy atom. The highest BCUT2D eigenvalue weighted by atomic mass is 16.5. The van der Waals surface area contributed by atoms with Crippen molar-refractivity contribution in [3.8, 4) is 0 Å². The number of rotatable bonds is 7. The fraction of sp³-hybridized carbons (Fsp3) is 0.688. The molecule has 1 saturated heterocycles. The molecule has 2 aliphatic heterocycles. The number of hydrogen-bond donors (Lipinski definition) is 2. The molecule has 0 aromatic carbocycles. The zero-order valence-corrected chi connectivity index (χ0v) is 14.7. The fourth-order valence-electron chi connectivity index (χ4n) is 3.46. The van der Waals surface area contributed by atoms with Gasteiger partial charge in [0.25, 0.3) is 0 Å². The largest absolute Gasteiger partial charge is 0.437 e. The van der Waals surface area contributed by atoms with Crippen LogP contribution in [0.25, 0.3) is 0 Å². The van der Waals surface area contributed by atoms with Crippen molar-refractivity contribution in [2.75, 3.05) is 37.7 Å². The minimum absolute atomic E-state index is 0.349. The lowest BCUT2D eigenvalue weighted by atomic mass is 9.78. The second-order valence-corrected chi connectivity index (χ2v) is 6.99. The first kappa shape index (κ1) is 17.7. The monoisotopic (exact) mass is 331 g/mol. The molecule has 0 aliphatic carbocycles. The summed E-state index contributed by atoms with van der Waals surface area (Å²) in [5.74, 6) is 1.46. The van der Waals surface area contributed by atoms with Crippen LogP contribution in [-0.2, 0) is 17.6 Å². The van der Waals surface area contributed by atoms with Gasteiger partial charge >= 0.3 is 14.1 Å². The van der Waals surface area contributed by atoms with Crippen molar-refractivity contribution in [3.63, 3.8) is 0 Å². The van der Waals surface area contributed by atoms with Crippen LogP contribution in [0.15, 0.2) is 12.1 Å². The Balaban J connectivity index is 1.46. The van der Waals surface area contributed by atoms with E-state index in [0.29, 0.717) is 12.5 Å². The van der Waals surface area contributed by atoms with E-state index in [1.165, 1.54) is 5.56 Å². The molecule has 1 fully saturated rings. The second kappa shape index (κ2) is 7.87. The van der Waals surface area contributed by atoms with Crippen LogP contribution in [0.2, 0.25) is 13.6 Å². The number of aryl methyl sites for hydroxylation is 1. The lowest BCUT2D eigenvalue weighted by Gasteiger charge is -2.39. The second-order valence-electron chi connectivity index (χ2n) is 6.99. The average Bonchev–Trinajstić information content (AvgIpc) is 2.51. The molecule has 0 radical (unpaired) electrons. The fourth-order valence-corrected chi connectivity index (χ4v) is 3.46. The van der Waals surface area contributed by atoms with Gasteiger partial charge in [-0.2, -0.15) is 0 Å². The molecular formula is C16H27B2N3O3. The predicted octanol–water partition coefficient (Wildman–Crippen LogP) is 0.546. The minimum Gasteiger partial charge on any atom is -0.437 e. The van der Waals surface area contributed by atoms with Crippen LogP contribution in [0.3, 0.4) is 0 Å². The highest BCUT2D eigenvalue weighted by molar-refractivity contribution is 6.53. The average molecular weight is 331 g/mol. The van der Waals surface area contributed by atoms with Crippen molar-refractivity contribution >= 4 is 19.9 Å². The van der Waals surface area contributed by atoms with E-state index >= 15 is 0 Å². The third kappa shape index (κ3) is 4.11. The lowest BCUT2D eigenvalue weighted by Crippen LogP contribution is -2.54. The van der Waals surface area contributed by atoms with Crippen LogP contribution >= 0.6 is 0 Å². The maximum absolute atomic E-state index is 9.92. The summed E-state index contributed by atoms with van der Waals surface area (Å²) in [4.78, 5) is 8.75. The summed E-state index contributed by atoms with van der Waals surface area (Å²) in [7, 11) is -0.851. The maximum atomic E-state index is 9.92. The van der Waals surface area contributed by atoms with Gasteiger partial charge in [0, 0.05) is 24.6 Å². The van der Waals surface area contributed by atoms with Gasteiger partial charge in [-0.1, -0.05) is 6.07 Å². The summed E-state index contributed by atoms with van der Waals surface area (Å²) in [6, 6.07) is 4.21. The van der Waals surface area contributed by atoms with Crippen LogP contribution in [0, 0.1) is 5.92 Å². The molecule has 1 aromatic heterocycles. The molecule has 0 unspecified atom stereocenters. The Bertz CT molecular complexity index is 553. The standard InChI is InChI=1S/C16H27B2N3O3/c1-17(22)20-10-13(11-20)12-24-9-7-15-6-5-14-4-3-8-21(18(2)23)16(14)19-15/h5-6,13,22-23H,3-4,7-12H2,1-2H3. The molecule has 3 heterocycles. The molecule has 2 aliphatic rings. The third-order valence-electron chi connectivity index (χ3n) is 4.95. The summed E-state index contributed by atoms with van der Waals surface area (Å²) in [6.45, 7) is 7.69. The molecule has 24 heavy (non-hydrogen) atoms. The van der Waals surface area contributed by atoms with Crippen molar-refractivity contribution in [2.24, 2.45) is 5.92 Å². The maximum Gasteiger partial charge on any atom is 0.410 e. The van der Waals surface area contributed by atoms with Gasteiger partial charge < -0.3 is 24.4 Å². The lowest BCUT2D eigenvalue weighted by molar-refractivity contribution is 0.0451. The zero-order chi connectivity index (χ0) is 17.1. The van der Waals surface area contributed by atoms with Crippen LogP contribution < -0.4 is 4.81 Å². The quantitative estimate of drug-likeness (QED) is 0.562. The summed E-state index contributed by atoms with van der Waals surface area (Å²) in [5.41, 5.74) is 2.24. The third-order valence-corrected chi connectivity index (χ3v) is 4.95. The van der Waals surface area contributed by atoms with E-state index in [9.17, 15) is 10.0 Å². The van der Waals surface area contributed by atoms with Gasteiger partial charge in [0.05, 0.1) is 13.2 Å². The van der Waals surface area contributed by atoms with Gasteiger partial charge in [0.15, 0.2) is 0 Å². The number of hydrogen-bond acceptors (Lipinski definition) is 6. The van der Waals surface area contributed by atoms with Crippen LogP contribution in [0.4, 0.5) is 5.82 Å². The smallest absolute Gasteiger partial charge is 0.410 e. The first-order valence-electron chi connectivity index (χ1n) is 8.98. The molecule has 2 N–H and O–H groups in total. The Morgan fingerprint density at radius 2 is 2.04 bits per heavy atom. The molecule has 0 atom stereocenters. The molecule has 6 nitrogen and oxygen atoms in total. The highest BCUT2D eigenvalue weighted by Gasteiger charge is 2.31. The molecule has 130 valence electrons. The van der Waals surface area contributed by atoms with E-state index in [1.54, 1.807) is 13.6 Å². The number of pyridine rings is 1. The highest BCUT2D eigenvalue weighted by Crippen LogP contribution is 2.26. The predicted molar refractivity (Wildman–Crippen MR) is 97.2 cm³/mol. The first-order valence-corrected chi connectivity index (χ1v) is 8.98. The van der Waals surface area contributed by atoms with Crippen molar-refractivity contribution < 1.29 is 14.8 Å². The first-order chi connectivity index (χ1) is 11.5. The van der Waals surface area contributed by atoms with E-state index in [0.717, 1.165) is 57.0 Å². The van der Waals surface area contributed by atoms with Crippen LogP contribution in [0.1, 0.15) is 17.7 Å². The van der Waals surface area contributed by atoms with Gasteiger partial charge in [-0.05, 0) is 51.2 Å². The Hall–Kier alpha value is -1.08. The van der Waals surface area contributed by atoms with Gasteiger partial charge in [-0.3, -0.25) is 0 Å². The molecule has 8 heteroatoms. The molecule has 0 spiro atoms. The molecule has 3 rings (SSSR count). The van der Waals surface area contributed by atoms with Gasteiger partial charge in [-0.15, -0.1) is 0 Å². The van der Waals surface area contributed by atoms with E-state index in [-0.39, 0.29) is 7.05 Å². The van der Waals surface area contributed by atoms with E-state index in [4.69, 9.17) is 9.72 Å². The van der Waals surface area contributed by atoms with Gasteiger partial charge in [0.2, 0.25) is 0 Å². The number of aromatic nitrogens is 1. The van der Waals surface area contributed by atoms with E-state index < -0.39 is 7.05 Å². The SMILES string of the molecule is CB(O)N1CC(COCCc2ccc3c(n2)N(B(C)O)CCC3)C1. The topological polar surface area (TPSA) is 69.1 Å². The van der Waals surface area contributed by atoms with Crippen molar-refractivity contribution in [2.45, 2.75) is 32.9 Å². The van der Waals surface area contributed by atoms with Crippen molar-refractivity contribution in [1.29, 1.82) is 0 Å². The van der Waals surface area contributed by atoms with E-state index in [2.05, 4.69) is 12.1 Å².